The number of benzene rings is 3. The molecule has 2 heterocycles. The summed E-state index contributed by atoms with van der Waals surface area (Å²) in [5.74, 6) is -0.189. The number of para-hydroxylation sites is 1. The maximum atomic E-state index is 13.5. The number of carbonyl (C=O) groups is 2. The molecule has 0 saturated carbocycles. The Bertz CT molecular complexity index is 1690. The van der Waals surface area contributed by atoms with Crippen LogP contribution in [-0.2, 0) is 16.1 Å². The minimum atomic E-state index is -0.434. The van der Waals surface area contributed by atoms with Crippen molar-refractivity contribution in [3.8, 4) is 11.5 Å². The predicted octanol–water partition coefficient (Wildman–Crippen LogP) is 6.41. The quantitative estimate of drug-likeness (QED) is 0.123. The molecule has 1 aliphatic heterocycles. The standard InChI is InChI=1S/C30H22BrFN4O5S/c31-21-7-12-26(41-18-28(38)34-23-10-8-22(32)9-11-23)20(14-21)15-27-29(39)36(17-24-5-3-13-40-24)30(42-27)35-33-16-19-4-1-2-6-25(19)37/h1-16,37H,17-18H2,(H,34,38)/b27-15-,33-16+,35-30-. The Morgan fingerprint density at radius 3 is 2.67 bits per heavy atom. The van der Waals surface area contributed by atoms with Crippen molar-refractivity contribution < 1.29 is 28.2 Å². The Kier molecular flexibility index (Phi) is 9.15. The van der Waals surface area contributed by atoms with Crippen LogP contribution in [0.1, 0.15) is 16.9 Å². The third-order valence-corrected chi connectivity index (χ3v) is 7.29. The normalized spacial score (nSPS) is 15.2. The van der Waals surface area contributed by atoms with Crippen molar-refractivity contribution in [2.75, 3.05) is 11.9 Å². The van der Waals surface area contributed by atoms with Gasteiger partial charge in [-0.15, -0.1) is 5.10 Å². The zero-order valence-electron chi connectivity index (χ0n) is 21.7. The fraction of sp³-hybridized carbons (Fsp3) is 0.0667. The van der Waals surface area contributed by atoms with Gasteiger partial charge in [0.2, 0.25) is 0 Å². The number of aromatic hydroxyl groups is 1. The number of halogens is 2. The van der Waals surface area contributed by atoms with E-state index in [2.05, 4.69) is 31.4 Å². The van der Waals surface area contributed by atoms with Gasteiger partial charge in [-0.3, -0.25) is 14.5 Å². The largest absolute Gasteiger partial charge is 0.507 e. The molecule has 1 saturated heterocycles. The van der Waals surface area contributed by atoms with E-state index in [-0.39, 0.29) is 24.8 Å². The number of nitrogens with zero attached hydrogens (tertiary/aromatic N) is 3. The van der Waals surface area contributed by atoms with E-state index in [1.54, 1.807) is 54.6 Å². The molecule has 5 rings (SSSR count). The van der Waals surface area contributed by atoms with Crippen molar-refractivity contribution in [3.05, 3.63) is 117 Å². The van der Waals surface area contributed by atoms with Crippen LogP contribution in [0.3, 0.4) is 0 Å². The third-order valence-electron chi connectivity index (χ3n) is 5.80. The number of furan rings is 1. The molecule has 4 aromatic rings. The summed E-state index contributed by atoms with van der Waals surface area (Å²) >= 11 is 4.56. The van der Waals surface area contributed by atoms with Gasteiger partial charge in [0.15, 0.2) is 11.8 Å². The number of ether oxygens (including phenoxy) is 1. The molecule has 1 fully saturated rings. The highest BCUT2D eigenvalue weighted by Gasteiger charge is 2.34. The zero-order chi connectivity index (χ0) is 29.5. The number of thioether (sulfide) groups is 1. The van der Waals surface area contributed by atoms with E-state index in [0.29, 0.717) is 38.4 Å². The van der Waals surface area contributed by atoms with Gasteiger partial charge in [-0.25, -0.2) is 4.39 Å². The van der Waals surface area contributed by atoms with Gasteiger partial charge in [-0.2, -0.15) is 5.10 Å². The van der Waals surface area contributed by atoms with E-state index >= 15 is 0 Å². The fourth-order valence-electron chi connectivity index (χ4n) is 3.80. The minimum Gasteiger partial charge on any atom is -0.507 e. The van der Waals surface area contributed by atoms with Gasteiger partial charge >= 0.3 is 0 Å². The summed E-state index contributed by atoms with van der Waals surface area (Å²) in [6.07, 6.45) is 4.57. The lowest BCUT2D eigenvalue weighted by molar-refractivity contribution is -0.122. The average Bonchev–Trinajstić information content (AvgIpc) is 3.59. The van der Waals surface area contributed by atoms with E-state index in [0.717, 1.165) is 16.2 Å². The molecule has 9 nitrogen and oxygen atoms in total. The first kappa shape index (κ1) is 28.8. The second-order valence-corrected chi connectivity index (χ2v) is 10.7. The smallest absolute Gasteiger partial charge is 0.267 e. The number of hydrogen-bond donors (Lipinski definition) is 2. The monoisotopic (exact) mass is 648 g/mol. The van der Waals surface area contributed by atoms with Gasteiger partial charge in [0.1, 0.15) is 23.1 Å². The average molecular weight is 649 g/mol. The lowest BCUT2D eigenvalue weighted by Gasteiger charge is -2.13. The highest BCUT2D eigenvalue weighted by Crippen LogP contribution is 2.36. The molecular weight excluding hydrogens is 627 g/mol. The van der Waals surface area contributed by atoms with Crippen molar-refractivity contribution in [2.24, 2.45) is 10.2 Å². The first-order valence-electron chi connectivity index (χ1n) is 12.5. The molecule has 1 aromatic heterocycles. The summed E-state index contributed by atoms with van der Waals surface area (Å²) in [5, 5.41) is 21.3. The fourth-order valence-corrected chi connectivity index (χ4v) is 5.10. The molecule has 0 radical (unpaired) electrons. The van der Waals surface area contributed by atoms with Crippen LogP contribution in [0.15, 0.2) is 109 Å². The molecule has 212 valence electrons. The topological polar surface area (TPSA) is 117 Å². The first-order valence-corrected chi connectivity index (χ1v) is 14.1. The van der Waals surface area contributed by atoms with Gasteiger partial charge in [0, 0.05) is 21.3 Å². The van der Waals surface area contributed by atoms with Crippen LogP contribution < -0.4 is 10.1 Å². The van der Waals surface area contributed by atoms with E-state index in [1.165, 1.54) is 47.7 Å². The predicted molar refractivity (Wildman–Crippen MR) is 163 cm³/mol. The van der Waals surface area contributed by atoms with Gasteiger partial charge in [-0.1, -0.05) is 28.1 Å². The molecule has 0 atom stereocenters. The summed E-state index contributed by atoms with van der Waals surface area (Å²) in [6.45, 7) is -0.179. The summed E-state index contributed by atoms with van der Waals surface area (Å²) in [4.78, 5) is 27.7. The van der Waals surface area contributed by atoms with E-state index < -0.39 is 11.7 Å². The molecule has 0 spiro atoms. The maximum Gasteiger partial charge on any atom is 0.267 e. The lowest BCUT2D eigenvalue weighted by atomic mass is 10.2. The second kappa shape index (κ2) is 13.3. The Labute approximate surface area is 252 Å². The Morgan fingerprint density at radius 1 is 1.10 bits per heavy atom. The maximum absolute atomic E-state index is 13.5. The van der Waals surface area contributed by atoms with Crippen molar-refractivity contribution in [1.29, 1.82) is 0 Å². The van der Waals surface area contributed by atoms with E-state index in [4.69, 9.17) is 9.15 Å². The van der Waals surface area contributed by atoms with Crippen molar-refractivity contribution in [1.82, 2.24) is 4.90 Å². The third kappa shape index (κ3) is 7.33. The van der Waals surface area contributed by atoms with E-state index in [1.807, 2.05) is 0 Å². The molecule has 42 heavy (non-hydrogen) atoms. The number of rotatable bonds is 9. The number of anilines is 1. The number of carbonyl (C=O) groups excluding carboxylic acids is 2. The molecule has 0 aliphatic carbocycles. The number of phenols is 1. The summed E-state index contributed by atoms with van der Waals surface area (Å²) in [7, 11) is 0. The molecule has 3 aromatic carbocycles. The highest BCUT2D eigenvalue weighted by molar-refractivity contribution is 9.10. The lowest BCUT2D eigenvalue weighted by Crippen LogP contribution is -2.28. The summed E-state index contributed by atoms with van der Waals surface area (Å²) in [6, 6.07) is 20.7. The Balaban J connectivity index is 1.37. The van der Waals surface area contributed by atoms with Crippen LogP contribution in [-0.4, -0.2) is 39.8 Å². The number of nitrogens with one attached hydrogen (secondary N) is 1. The van der Waals surface area contributed by atoms with Gasteiger partial charge in [-0.05, 0) is 84.6 Å². The Morgan fingerprint density at radius 2 is 1.90 bits per heavy atom. The molecule has 0 unspecified atom stereocenters. The van der Waals surface area contributed by atoms with Crippen LogP contribution in [0.2, 0.25) is 0 Å². The molecular formula is C30H22BrFN4O5S. The summed E-state index contributed by atoms with van der Waals surface area (Å²) < 4.78 is 25.1. The Hall–Kier alpha value is -4.68. The van der Waals surface area contributed by atoms with Crippen LogP contribution >= 0.6 is 27.7 Å². The molecule has 12 heteroatoms. The minimum absolute atomic E-state index is 0.0539. The van der Waals surface area contributed by atoms with Crippen molar-refractivity contribution in [2.45, 2.75) is 6.54 Å². The van der Waals surface area contributed by atoms with Crippen molar-refractivity contribution >= 4 is 62.7 Å². The van der Waals surface area contributed by atoms with Crippen molar-refractivity contribution in [3.63, 3.8) is 0 Å². The van der Waals surface area contributed by atoms with Gasteiger partial charge in [0.25, 0.3) is 11.8 Å². The summed E-state index contributed by atoms with van der Waals surface area (Å²) in [5.41, 5.74) is 1.46. The number of phenolic OH excluding ortho intramolecular Hbond substituents is 1. The van der Waals surface area contributed by atoms with Crippen LogP contribution in [0.4, 0.5) is 10.1 Å². The second-order valence-electron chi connectivity index (χ2n) is 8.79. The van der Waals surface area contributed by atoms with Gasteiger partial charge in [0.05, 0.1) is 23.9 Å². The zero-order valence-corrected chi connectivity index (χ0v) is 24.1. The molecule has 2 amide bonds. The number of hydrogen-bond acceptors (Lipinski definition) is 8. The van der Waals surface area contributed by atoms with E-state index in [9.17, 15) is 19.1 Å². The highest BCUT2D eigenvalue weighted by atomic mass is 79.9. The molecule has 2 N–H and O–H groups in total. The molecule has 0 bridgehead atoms. The van der Waals surface area contributed by atoms with Gasteiger partial charge < -0.3 is 19.6 Å². The number of amides is 2. The SMILES string of the molecule is O=C(COc1ccc(Br)cc1/C=C1\S/C(=N\N=C\c2ccccc2O)N(Cc2ccco2)C1=O)Nc1ccc(F)cc1. The van der Waals surface area contributed by atoms with Crippen LogP contribution in [0, 0.1) is 5.82 Å². The first-order chi connectivity index (χ1) is 20.4. The van der Waals surface area contributed by atoms with Crippen LogP contribution in [0.25, 0.3) is 6.08 Å². The number of amidine groups is 1. The van der Waals surface area contributed by atoms with Crippen LogP contribution in [0.5, 0.6) is 11.5 Å². The molecule has 1 aliphatic rings.